The minimum absolute atomic E-state index is 0. The number of nitrogens with zero attached hydrogens (tertiary/aromatic N) is 1. The first kappa shape index (κ1) is 16.8. The Morgan fingerprint density at radius 3 is 2.86 bits per heavy atom. The van der Waals surface area contributed by atoms with Gasteiger partial charge < -0.3 is 25.2 Å². The van der Waals surface area contributed by atoms with E-state index in [2.05, 4.69) is 4.98 Å². The molecular weight excluding hydrogens is 296 g/mol. The molecule has 0 aliphatic carbocycles. The zero-order valence-electron chi connectivity index (χ0n) is 12.2. The highest BCUT2D eigenvalue weighted by Crippen LogP contribution is 2.47. The largest absolute Gasteiger partial charge is 0.412 e. The Hall–Kier alpha value is -1.52. The number of nitrogens with one attached hydrogen (secondary N) is 1. The normalized spacial score (nSPS) is 34.0. The average Bonchev–Trinajstić information content (AvgIpc) is 2.76. The first-order valence-corrected chi connectivity index (χ1v) is 6.82. The number of hydrogen-bond acceptors (Lipinski definition) is 6. The molecule has 0 amide bonds. The predicted molar refractivity (Wildman–Crippen MR) is 74.6 cm³/mol. The zero-order chi connectivity index (χ0) is 15.3. The van der Waals surface area contributed by atoms with Crippen LogP contribution in [0.25, 0.3) is 0 Å². The average molecular weight is 316 g/mol. The van der Waals surface area contributed by atoms with E-state index in [0.29, 0.717) is 18.6 Å². The van der Waals surface area contributed by atoms with Gasteiger partial charge in [-0.1, -0.05) is 0 Å². The summed E-state index contributed by atoms with van der Waals surface area (Å²) >= 11 is 0. The van der Waals surface area contributed by atoms with Gasteiger partial charge in [0.2, 0.25) is 0 Å². The Kier molecular flexibility index (Phi) is 4.28. The molecule has 2 fully saturated rings. The Bertz CT molecular complexity index is 669. The van der Waals surface area contributed by atoms with Crippen LogP contribution in [0.5, 0.6) is 0 Å². The van der Waals surface area contributed by atoms with Gasteiger partial charge in [-0.3, -0.25) is 14.3 Å². The minimum Gasteiger partial charge on any atom is -0.412 e. The molecule has 2 aliphatic rings. The van der Waals surface area contributed by atoms with Crippen LogP contribution in [0.2, 0.25) is 0 Å². The molecule has 22 heavy (non-hydrogen) atoms. The Labute approximate surface area is 125 Å². The quantitative estimate of drug-likeness (QED) is 0.565. The van der Waals surface area contributed by atoms with E-state index in [-0.39, 0.29) is 18.5 Å². The number of aryl methyl sites for hydroxylation is 1. The van der Waals surface area contributed by atoms with Crippen molar-refractivity contribution in [3.8, 4) is 0 Å². The SMILES string of the molecule is Cc1cn([C@H]2C[C@]3(O)CCOC[C@@]3(CO)O2)c(=O)[nH]c1=O.O. The number of fused-ring (bicyclic) bond motifs is 1. The molecule has 5 N–H and O–H groups in total. The predicted octanol–water partition coefficient (Wildman–Crippen LogP) is -2.18. The second-order valence-corrected chi connectivity index (χ2v) is 5.74. The number of hydrogen-bond donors (Lipinski definition) is 3. The summed E-state index contributed by atoms with van der Waals surface area (Å²) in [5, 5.41) is 20.4. The lowest BCUT2D eigenvalue weighted by Gasteiger charge is -2.42. The van der Waals surface area contributed by atoms with Crippen molar-refractivity contribution in [3.05, 3.63) is 32.6 Å². The van der Waals surface area contributed by atoms with Gasteiger partial charge in [0, 0.05) is 31.2 Å². The van der Waals surface area contributed by atoms with Gasteiger partial charge in [0.1, 0.15) is 17.4 Å². The van der Waals surface area contributed by atoms with E-state index in [1.165, 1.54) is 10.8 Å². The summed E-state index contributed by atoms with van der Waals surface area (Å²) in [5.74, 6) is 0. The lowest BCUT2D eigenvalue weighted by atomic mass is 9.79. The van der Waals surface area contributed by atoms with Crippen molar-refractivity contribution in [3.63, 3.8) is 0 Å². The van der Waals surface area contributed by atoms with Gasteiger partial charge in [0.15, 0.2) is 0 Å². The third-order valence-corrected chi connectivity index (χ3v) is 4.43. The van der Waals surface area contributed by atoms with Crippen molar-refractivity contribution < 1.29 is 25.2 Å². The van der Waals surface area contributed by atoms with Crippen LogP contribution in [0.15, 0.2) is 15.8 Å². The van der Waals surface area contributed by atoms with E-state index in [1.807, 2.05) is 0 Å². The van der Waals surface area contributed by atoms with Gasteiger partial charge in [0.05, 0.1) is 13.2 Å². The fourth-order valence-electron chi connectivity index (χ4n) is 3.05. The van der Waals surface area contributed by atoms with Gasteiger partial charge in [-0.15, -0.1) is 0 Å². The van der Waals surface area contributed by atoms with Crippen LogP contribution >= 0.6 is 0 Å². The number of aromatic amines is 1. The van der Waals surface area contributed by atoms with Gasteiger partial charge >= 0.3 is 5.69 Å². The van der Waals surface area contributed by atoms with Gasteiger partial charge in [0.25, 0.3) is 5.56 Å². The third-order valence-electron chi connectivity index (χ3n) is 4.43. The Morgan fingerprint density at radius 2 is 2.23 bits per heavy atom. The number of aliphatic hydroxyl groups excluding tert-OH is 1. The molecule has 0 bridgehead atoms. The molecule has 1 aromatic rings. The molecule has 3 atom stereocenters. The van der Waals surface area contributed by atoms with Crippen LogP contribution in [0.3, 0.4) is 0 Å². The summed E-state index contributed by atoms with van der Waals surface area (Å²) in [5.41, 5.74) is -3.18. The van der Waals surface area contributed by atoms with Crippen LogP contribution < -0.4 is 11.2 Å². The monoisotopic (exact) mass is 316 g/mol. The lowest BCUT2D eigenvalue weighted by Crippen LogP contribution is -2.60. The molecule has 2 saturated heterocycles. The van der Waals surface area contributed by atoms with Crippen LogP contribution in [0, 0.1) is 6.92 Å². The van der Waals surface area contributed by atoms with E-state index in [0.717, 1.165) is 0 Å². The highest BCUT2D eigenvalue weighted by atomic mass is 16.6. The standard InChI is InChI=1S/C13H18N2O6.H2O/c1-8-5-15(11(18)14-10(8)17)9-4-12(19)2-3-20-7-13(12,6-16)21-9;/h5,9,16,19H,2-4,6-7H2,1H3,(H,14,17,18);1H2/t9-,12-,13-;/m1./s1. The van der Waals surface area contributed by atoms with Crippen LogP contribution in [-0.2, 0) is 9.47 Å². The van der Waals surface area contributed by atoms with Gasteiger partial charge in [-0.25, -0.2) is 4.79 Å². The number of ether oxygens (including phenoxy) is 2. The minimum atomic E-state index is -1.26. The number of rotatable bonds is 2. The highest BCUT2D eigenvalue weighted by Gasteiger charge is 2.61. The van der Waals surface area contributed by atoms with E-state index in [1.54, 1.807) is 6.92 Å². The van der Waals surface area contributed by atoms with Crippen LogP contribution in [0.1, 0.15) is 24.6 Å². The second-order valence-electron chi connectivity index (χ2n) is 5.74. The zero-order valence-corrected chi connectivity index (χ0v) is 12.2. The fourth-order valence-corrected chi connectivity index (χ4v) is 3.05. The Morgan fingerprint density at radius 1 is 1.50 bits per heavy atom. The number of H-pyrrole nitrogens is 1. The smallest absolute Gasteiger partial charge is 0.330 e. The molecule has 1 aromatic heterocycles. The summed E-state index contributed by atoms with van der Waals surface area (Å²) in [7, 11) is 0. The summed E-state index contributed by atoms with van der Waals surface area (Å²) in [4.78, 5) is 25.6. The van der Waals surface area contributed by atoms with Gasteiger partial charge in [-0.2, -0.15) is 0 Å². The molecule has 124 valence electrons. The first-order valence-electron chi connectivity index (χ1n) is 6.82. The number of aromatic nitrogens is 2. The molecule has 3 heterocycles. The molecule has 9 nitrogen and oxygen atoms in total. The number of aliphatic hydroxyl groups is 2. The summed E-state index contributed by atoms with van der Waals surface area (Å²) in [6, 6.07) is 0. The summed E-state index contributed by atoms with van der Waals surface area (Å²) in [6.45, 7) is 1.61. The summed E-state index contributed by atoms with van der Waals surface area (Å²) in [6.07, 6.45) is 1.12. The highest BCUT2D eigenvalue weighted by molar-refractivity contribution is 5.10. The van der Waals surface area contributed by atoms with Crippen molar-refractivity contribution in [1.82, 2.24) is 9.55 Å². The maximum atomic E-state index is 11.9. The molecular formula is C13H20N2O7. The van der Waals surface area contributed by atoms with Crippen molar-refractivity contribution in [2.24, 2.45) is 0 Å². The van der Waals surface area contributed by atoms with E-state index in [4.69, 9.17) is 9.47 Å². The molecule has 9 heteroatoms. The molecule has 0 spiro atoms. The van der Waals surface area contributed by atoms with E-state index >= 15 is 0 Å². The first-order chi connectivity index (χ1) is 9.91. The molecule has 0 radical (unpaired) electrons. The van der Waals surface area contributed by atoms with E-state index < -0.39 is 35.3 Å². The van der Waals surface area contributed by atoms with Crippen molar-refractivity contribution in [2.75, 3.05) is 19.8 Å². The molecule has 0 aromatic carbocycles. The Balaban J connectivity index is 0.00000176. The van der Waals surface area contributed by atoms with Crippen molar-refractivity contribution in [2.45, 2.75) is 37.2 Å². The molecule has 0 saturated carbocycles. The fraction of sp³-hybridized carbons (Fsp3) is 0.692. The maximum Gasteiger partial charge on any atom is 0.330 e. The molecule has 2 aliphatic heterocycles. The topological polar surface area (TPSA) is 145 Å². The summed E-state index contributed by atoms with van der Waals surface area (Å²) < 4.78 is 12.3. The third kappa shape index (κ3) is 2.31. The second kappa shape index (κ2) is 5.60. The molecule has 0 unspecified atom stereocenters. The lowest BCUT2D eigenvalue weighted by molar-refractivity contribution is -0.221. The molecule has 3 rings (SSSR count). The van der Waals surface area contributed by atoms with E-state index in [9.17, 15) is 19.8 Å². The van der Waals surface area contributed by atoms with Crippen LogP contribution in [-0.4, -0.2) is 56.3 Å². The van der Waals surface area contributed by atoms with Gasteiger partial charge in [-0.05, 0) is 6.92 Å². The maximum absolute atomic E-state index is 11.9. The van der Waals surface area contributed by atoms with Crippen molar-refractivity contribution >= 4 is 0 Å². The van der Waals surface area contributed by atoms with Crippen LogP contribution in [0.4, 0.5) is 0 Å². The van der Waals surface area contributed by atoms with Crippen molar-refractivity contribution in [1.29, 1.82) is 0 Å².